The van der Waals surface area contributed by atoms with Gasteiger partial charge in [-0.05, 0) is 32.1 Å². The third-order valence-corrected chi connectivity index (χ3v) is 5.90. The average molecular weight is 533 g/mol. The molecule has 7 heteroatoms. The van der Waals surface area contributed by atoms with Crippen LogP contribution in [0, 0.1) is 0 Å². The first-order chi connectivity index (χ1) is 18.4. The van der Waals surface area contributed by atoms with Crippen LogP contribution in [0.25, 0.3) is 0 Å². The summed E-state index contributed by atoms with van der Waals surface area (Å²) in [6.45, 7) is 9.08. The van der Waals surface area contributed by atoms with Crippen LogP contribution in [0.3, 0.4) is 0 Å². The lowest BCUT2D eigenvalue weighted by molar-refractivity contribution is -0.0182. The summed E-state index contributed by atoms with van der Waals surface area (Å²) in [6.07, 6.45) is 23.4. The molecule has 7 nitrogen and oxygen atoms in total. The lowest BCUT2D eigenvalue weighted by atomic mass is 10.1. The summed E-state index contributed by atoms with van der Waals surface area (Å²) < 4.78 is 32.5. The predicted octanol–water partition coefficient (Wildman–Crippen LogP) is 6.12. The van der Waals surface area contributed by atoms with Crippen LogP contribution in [0.2, 0.25) is 0 Å². The second-order valence-corrected chi connectivity index (χ2v) is 9.34. The van der Waals surface area contributed by atoms with Gasteiger partial charge in [0, 0.05) is 6.61 Å². The third-order valence-electron chi connectivity index (χ3n) is 5.90. The summed E-state index contributed by atoms with van der Waals surface area (Å²) in [7, 11) is 0. The number of unbranched alkanes of at least 4 members (excludes halogenated alkanes) is 12. The van der Waals surface area contributed by atoms with E-state index in [2.05, 4.69) is 19.1 Å². The summed E-state index contributed by atoms with van der Waals surface area (Å²) in [5.74, 6) is 0. The van der Waals surface area contributed by atoms with Crippen LogP contribution in [-0.2, 0) is 28.4 Å². The molecule has 37 heavy (non-hydrogen) atoms. The number of hydrogen-bond donors (Lipinski definition) is 1. The van der Waals surface area contributed by atoms with E-state index in [0.717, 1.165) is 13.0 Å². The van der Waals surface area contributed by atoms with Crippen LogP contribution in [0.1, 0.15) is 96.8 Å². The number of ether oxygens (including phenoxy) is 6. The van der Waals surface area contributed by atoms with Crippen LogP contribution in [0.15, 0.2) is 12.2 Å². The van der Waals surface area contributed by atoms with Crippen molar-refractivity contribution in [2.24, 2.45) is 0 Å². The predicted molar refractivity (Wildman–Crippen MR) is 151 cm³/mol. The highest BCUT2D eigenvalue weighted by Crippen LogP contribution is 2.10. The molecule has 0 heterocycles. The molecule has 0 aromatic heterocycles. The highest BCUT2D eigenvalue weighted by atomic mass is 16.6. The van der Waals surface area contributed by atoms with Crippen molar-refractivity contribution in [2.45, 2.75) is 96.8 Å². The second kappa shape index (κ2) is 35.5. The molecule has 222 valence electrons. The van der Waals surface area contributed by atoms with Crippen LogP contribution in [0.5, 0.6) is 0 Å². The molecule has 0 aromatic carbocycles. The summed E-state index contributed by atoms with van der Waals surface area (Å²) in [6, 6.07) is 0. The maximum Gasteiger partial charge on any atom is 0.0701 e. The summed E-state index contributed by atoms with van der Waals surface area (Å²) >= 11 is 0. The van der Waals surface area contributed by atoms with E-state index in [1.807, 2.05) is 0 Å². The van der Waals surface area contributed by atoms with Gasteiger partial charge in [0.05, 0.1) is 79.3 Å². The van der Waals surface area contributed by atoms with E-state index in [9.17, 15) is 0 Å². The minimum absolute atomic E-state index is 0.0419. The molecule has 0 aromatic rings. The second-order valence-electron chi connectivity index (χ2n) is 9.34. The number of hydrogen-bond acceptors (Lipinski definition) is 7. The lowest BCUT2D eigenvalue weighted by Crippen LogP contribution is -2.14. The zero-order valence-electron chi connectivity index (χ0n) is 24.1. The van der Waals surface area contributed by atoms with Crippen molar-refractivity contribution in [1.29, 1.82) is 0 Å². The largest absolute Gasteiger partial charge is 0.394 e. The SMILES string of the molecule is CCCCCCCCC=CCCCCCCCCOCCOCCOCCOCCOCCOCCO. The van der Waals surface area contributed by atoms with Crippen molar-refractivity contribution in [3.8, 4) is 0 Å². The number of allylic oxidation sites excluding steroid dienone is 2. The molecule has 0 unspecified atom stereocenters. The average Bonchev–Trinajstić information content (AvgIpc) is 2.91. The van der Waals surface area contributed by atoms with Crippen LogP contribution in [-0.4, -0.2) is 91.0 Å². The fraction of sp³-hybridized carbons (Fsp3) is 0.933. The van der Waals surface area contributed by atoms with E-state index in [0.29, 0.717) is 72.7 Å². The van der Waals surface area contributed by atoms with Crippen molar-refractivity contribution in [2.75, 3.05) is 85.9 Å². The molecule has 0 saturated carbocycles. The van der Waals surface area contributed by atoms with Crippen molar-refractivity contribution < 1.29 is 33.5 Å². The first kappa shape index (κ1) is 36.5. The molecule has 0 aliphatic carbocycles. The first-order valence-electron chi connectivity index (χ1n) is 15.1. The maximum atomic E-state index is 8.57. The van der Waals surface area contributed by atoms with Crippen LogP contribution < -0.4 is 0 Å². The van der Waals surface area contributed by atoms with Gasteiger partial charge in [-0.25, -0.2) is 0 Å². The normalized spacial score (nSPS) is 11.7. The number of aliphatic hydroxyl groups is 1. The van der Waals surface area contributed by atoms with E-state index in [-0.39, 0.29) is 6.61 Å². The van der Waals surface area contributed by atoms with Gasteiger partial charge in [-0.3, -0.25) is 0 Å². The van der Waals surface area contributed by atoms with E-state index < -0.39 is 0 Å². The highest BCUT2D eigenvalue weighted by Gasteiger charge is 1.95. The molecule has 0 bridgehead atoms. The highest BCUT2D eigenvalue weighted by molar-refractivity contribution is 4.81. The van der Waals surface area contributed by atoms with Gasteiger partial charge >= 0.3 is 0 Å². The smallest absolute Gasteiger partial charge is 0.0701 e. The summed E-state index contributed by atoms with van der Waals surface area (Å²) in [5.41, 5.74) is 0. The summed E-state index contributed by atoms with van der Waals surface area (Å²) in [4.78, 5) is 0. The van der Waals surface area contributed by atoms with Gasteiger partial charge < -0.3 is 33.5 Å². The molecule has 0 atom stereocenters. The van der Waals surface area contributed by atoms with Gasteiger partial charge in [0.1, 0.15) is 0 Å². The molecule has 0 aliphatic rings. The molecule has 0 spiro atoms. The quantitative estimate of drug-likeness (QED) is 0.0806. The molecule has 0 fully saturated rings. The lowest BCUT2D eigenvalue weighted by Gasteiger charge is -2.08. The van der Waals surface area contributed by atoms with E-state index in [4.69, 9.17) is 33.5 Å². The van der Waals surface area contributed by atoms with Gasteiger partial charge in [-0.2, -0.15) is 0 Å². The number of rotatable bonds is 33. The fourth-order valence-electron chi connectivity index (χ4n) is 3.72. The van der Waals surface area contributed by atoms with Crippen molar-refractivity contribution in [3.05, 3.63) is 12.2 Å². The Bertz CT molecular complexity index is 421. The van der Waals surface area contributed by atoms with Gasteiger partial charge in [0.15, 0.2) is 0 Å². The van der Waals surface area contributed by atoms with Gasteiger partial charge in [-0.1, -0.05) is 76.9 Å². The third kappa shape index (κ3) is 35.5. The molecule has 0 rings (SSSR count). The molecule has 0 amide bonds. The first-order valence-corrected chi connectivity index (χ1v) is 15.1. The topological polar surface area (TPSA) is 75.6 Å². The molecule has 0 radical (unpaired) electrons. The van der Waals surface area contributed by atoms with E-state index >= 15 is 0 Å². The zero-order valence-corrected chi connectivity index (χ0v) is 24.1. The van der Waals surface area contributed by atoms with Gasteiger partial charge in [-0.15, -0.1) is 0 Å². The van der Waals surface area contributed by atoms with Gasteiger partial charge in [0.25, 0.3) is 0 Å². The number of aliphatic hydroxyl groups excluding tert-OH is 1. The molecule has 1 N–H and O–H groups in total. The molecule has 0 aliphatic heterocycles. The Morgan fingerprint density at radius 2 is 0.703 bits per heavy atom. The minimum atomic E-state index is 0.0419. The molecule has 0 saturated heterocycles. The van der Waals surface area contributed by atoms with Crippen LogP contribution in [0.4, 0.5) is 0 Å². The van der Waals surface area contributed by atoms with Crippen molar-refractivity contribution in [1.82, 2.24) is 0 Å². The Hall–Kier alpha value is -0.540. The Morgan fingerprint density at radius 1 is 0.378 bits per heavy atom. The minimum Gasteiger partial charge on any atom is -0.394 e. The van der Waals surface area contributed by atoms with E-state index in [1.165, 1.54) is 83.5 Å². The Balaban J connectivity index is 3.05. The molecular weight excluding hydrogens is 472 g/mol. The summed E-state index contributed by atoms with van der Waals surface area (Å²) in [5, 5.41) is 8.57. The fourth-order valence-corrected chi connectivity index (χ4v) is 3.72. The zero-order chi connectivity index (χ0) is 26.7. The van der Waals surface area contributed by atoms with E-state index in [1.54, 1.807) is 0 Å². The van der Waals surface area contributed by atoms with Crippen LogP contribution >= 0.6 is 0 Å². The van der Waals surface area contributed by atoms with Crippen molar-refractivity contribution in [3.63, 3.8) is 0 Å². The Labute approximate surface area is 228 Å². The van der Waals surface area contributed by atoms with Crippen molar-refractivity contribution >= 4 is 0 Å². The monoisotopic (exact) mass is 532 g/mol. The Morgan fingerprint density at radius 3 is 1.11 bits per heavy atom. The Kier molecular flexibility index (Phi) is 34.9. The van der Waals surface area contributed by atoms with Gasteiger partial charge in [0.2, 0.25) is 0 Å². The molecular formula is C30H60O7. The maximum absolute atomic E-state index is 8.57. The standard InChI is InChI=1S/C30H60O7/c1-2-3-4-5-6-7-8-9-10-11-12-13-14-15-16-17-19-32-21-23-34-25-27-36-29-30-37-28-26-35-24-22-33-20-18-31/h9-10,31H,2-8,11-30H2,1H3.